The van der Waals surface area contributed by atoms with Gasteiger partial charge < -0.3 is 20.1 Å². The van der Waals surface area contributed by atoms with E-state index in [2.05, 4.69) is 11.4 Å². The van der Waals surface area contributed by atoms with Crippen LogP contribution in [-0.2, 0) is 6.54 Å². The smallest absolute Gasteiger partial charge is 0.320 e. The van der Waals surface area contributed by atoms with Crippen LogP contribution >= 0.6 is 0 Å². The van der Waals surface area contributed by atoms with Crippen molar-refractivity contribution in [3.8, 4) is 5.75 Å². The Morgan fingerprint density at radius 2 is 1.76 bits per heavy atom. The first kappa shape index (κ1) is 18.8. The van der Waals surface area contributed by atoms with E-state index in [9.17, 15) is 9.90 Å². The maximum absolute atomic E-state index is 12.4. The van der Waals surface area contributed by atoms with E-state index in [1.165, 1.54) is 0 Å². The number of hydrogen-bond donors (Lipinski definition) is 2. The summed E-state index contributed by atoms with van der Waals surface area (Å²) in [6, 6.07) is 13.5. The number of urea groups is 1. The number of ether oxygens (including phenoxy) is 1. The Hall–Kier alpha value is -2.53. The molecule has 0 atom stereocenters. The summed E-state index contributed by atoms with van der Waals surface area (Å²) in [6.07, 6.45) is 0. The molecule has 0 aliphatic rings. The van der Waals surface area contributed by atoms with Gasteiger partial charge in [0, 0.05) is 13.1 Å². The molecule has 0 heterocycles. The van der Waals surface area contributed by atoms with E-state index in [1.54, 1.807) is 4.90 Å². The van der Waals surface area contributed by atoms with Gasteiger partial charge in [0.05, 0.1) is 6.61 Å². The number of hydrogen-bond acceptors (Lipinski definition) is 3. The summed E-state index contributed by atoms with van der Waals surface area (Å²) >= 11 is 0. The summed E-state index contributed by atoms with van der Waals surface area (Å²) in [6.45, 7) is 6.73. The molecule has 2 amide bonds. The van der Waals surface area contributed by atoms with Crippen molar-refractivity contribution in [1.82, 2.24) is 10.2 Å². The van der Waals surface area contributed by atoms with Crippen LogP contribution in [0.1, 0.15) is 22.3 Å². The SMILES string of the molecule is Cc1ccc(C)c(OCNC(=O)N(CCO)Cc2ccccc2)c1C. The predicted octanol–water partition coefficient (Wildman–Crippen LogP) is 3.15. The van der Waals surface area contributed by atoms with Crippen molar-refractivity contribution >= 4 is 6.03 Å². The molecule has 0 saturated carbocycles. The van der Waals surface area contributed by atoms with Crippen LogP contribution in [0, 0.1) is 20.8 Å². The second-order valence-electron chi connectivity index (χ2n) is 6.05. The lowest BCUT2D eigenvalue weighted by Crippen LogP contribution is -2.42. The monoisotopic (exact) mass is 342 g/mol. The lowest BCUT2D eigenvalue weighted by molar-refractivity contribution is 0.164. The Labute approximate surface area is 149 Å². The first-order valence-electron chi connectivity index (χ1n) is 8.40. The number of aliphatic hydroxyl groups is 1. The molecular formula is C20H26N2O3. The zero-order valence-corrected chi connectivity index (χ0v) is 15.1. The van der Waals surface area contributed by atoms with Crippen molar-refractivity contribution in [3.63, 3.8) is 0 Å². The first-order valence-corrected chi connectivity index (χ1v) is 8.40. The van der Waals surface area contributed by atoms with E-state index in [-0.39, 0.29) is 25.9 Å². The van der Waals surface area contributed by atoms with E-state index in [0.29, 0.717) is 6.54 Å². The third-order valence-electron chi connectivity index (χ3n) is 4.19. The van der Waals surface area contributed by atoms with Gasteiger partial charge in [-0.25, -0.2) is 4.79 Å². The molecule has 0 aliphatic carbocycles. The van der Waals surface area contributed by atoms with Crippen molar-refractivity contribution in [2.24, 2.45) is 0 Å². The van der Waals surface area contributed by atoms with Gasteiger partial charge in [0.2, 0.25) is 0 Å². The fourth-order valence-corrected chi connectivity index (χ4v) is 2.61. The number of nitrogens with zero attached hydrogens (tertiary/aromatic N) is 1. The van der Waals surface area contributed by atoms with Gasteiger partial charge in [0.15, 0.2) is 6.73 Å². The quantitative estimate of drug-likeness (QED) is 0.760. The molecular weight excluding hydrogens is 316 g/mol. The van der Waals surface area contributed by atoms with E-state index < -0.39 is 0 Å². The van der Waals surface area contributed by atoms with Crippen molar-refractivity contribution in [1.29, 1.82) is 0 Å². The Kier molecular flexibility index (Phi) is 6.83. The van der Waals surface area contributed by atoms with E-state index in [1.807, 2.05) is 57.2 Å². The number of nitrogens with one attached hydrogen (secondary N) is 1. The molecule has 2 aromatic carbocycles. The minimum atomic E-state index is -0.263. The zero-order chi connectivity index (χ0) is 18.2. The van der Waals surface area contributed by atoms with Crippen LogP contribution < -0.4 is 10.1 Å². The minimum Gasteiger partial charge on any atom is -0.473 e. The first-order chi connectivity index (χ1) is 12.0. The van der Waals surface area contributed by atoms with E-state index >= 15 is 0 Å². The van der Waals surface area contributed by atoms with Crippen LogP contribution in [0.2, 0.25) is 0 Å². The van der Waals surface area contributed by atoms with Gasteiger partial charge in [0.1, 0.15) is 5.75 Å². The molecule has 0 radical (unpaired) electrons. The minimum absolute atomic E-state index is 0.0840. The van der Waals surface area contributed by atoms with Crippen LogP contribution in [0.4, 0.5) is 4.79 Å². The van der Waals surface area contributed by atoms with Crippen molar-refractivity contribution in [2.45, 2.75) is 27.3 Å². The molecule has 2 aromatic rings. The van der Waals surface area contributed by atoms with Gasteiger partial charge in [-0.2, -0.15) is 0 Å². The average Bonchev–Trinajstić information content (AvgIpc) is 2.61. The molecule has 0 saturated heterocycles. The van der Waals surface area contributed by atoms with E-state index in [4.69, 9.17) is 4.74 Å². The molecule has 0 fully saturated rings. The van der Waals surface area contributed by atoms with Crippen molar-refractivity contribution in [3.05, 3.63) is 64.7 Å². The molecule has 134 valence electrons. The summed E-state index contributed by atoms with van der Waals surface area (Å²) in [5, 5.41) is 12.0. The highest BCUT2D eigenvalue weighted by molar-refractivity contribution is 5.74. The predicted molar refractivity (Wildman–Crippen MR) is 98.6 cm³/mol. The number of aryl methyl sites for hydroxylation is 2. The van der Waals surface area contributed by atoms with Gasteiger partial charge in [-0.05, 0) is 43.0 Å². The zero-order valence-electron chi connectivity index (χ0n) is 15.1. The van der Waals surface area contributed by atoms with Gasteiger partial charge in [-0.1, -0.05) is 42.5 Å². The molecule has 0 aliphatic heterocycles. The van der Waals surface area contributed by atoms with Crippen LogP contribution in [0.25, 0.3) is 0 Å². The Morgan fingerprint density at radius 1 is 1.08 bits per heavy atom. The second kappa shape index (κ2) is 9.08. The van der Waals surface area contributed by atoms with E-state index in [0.717, 1.165) is 28.0 Å². The fourth-order valence-electron chi connectivity index (χ4n) is 2.61. The summed E-state index contributed by atoms with van der Waals surface area (Å²) in [5.74, 6) is 0.803. The van der Waals surface area contributed by atoms with Crippen LogP contribution in [0.15, 0.2) is 42.5 Å². The lowest BCUT2D eigenvalue weighted by atomic mass is 10.1. The summed E-state index contributed by atoms with van der Waals surface area (Å²) in [5.41, 5.74) is 4.27. The molecule has 2 rings (SSSR count). The third-order valence-corrected chi connectivity index (χ3v) is 4.19. The second-order valence-corrected chi connectivity index (χ2v) is 6.05. The topological polar surface area (TPSA) is 61.8 Å². The fraction of sp³-hybridized carbons (Fsp3) is 0.350. The molecule has 5 heteroatoms. The summed E-state index contributed by atoms with van der Waals surface area (Å²) in [7, 11) is 0. The highest BCUT2D eigenvalue weighted by Crippen LogP contribution is 2.25. The average molecular weight is 342 g/mol. The van der Waals surface area contributed by atoms with Crippen LogP contribution in [0.3, 0.4) is 0 Å². The standard InChI is InChI=1S/C20H26N2O3/c1-15-9-10-16(2)19(17(15)3)25-14-21-20(24)22(11-12-23)13-18-7-5-4-6-8-18/h4-10,23H,11-14H2,1-3H3,(H,21,24). The number of amides is 2. The molecule has 0 aromatic heterocycles. The Balaban J connectivity index is 1.94. The highest BCUT2D eigenvalue weighted by Gasteiger charge is 2.14. The number of benzene rings is 2. The van der Waals surface area contributed by atoms with Gasteiger partial charge in [-0.3, -0.25) is 0 Å². The molecule has 0 bridgehead atoms. The van der Waals surface area contributed by atoms with Crippen molar-refractivity contribution < 1.29 is 14.6 Å². The molecule has 25 heavy (non-hydrogen) atoms. The van der Waals surface area contributed by atoms with Crippen LogP contribution in [0.5, 0.6) is 5.75 Å². The summed E-state index contributed by atoms with van der Waals surface area (Å²) < 4.78 is 5.78. The number of carbonyl (C=O) groups is 1. The Morgan fingerprint density at radius 3 is 2.44 bits per heavy atom. The molecule has 2 N–H and O–H groups in total. The largest absolute Gasteiger partial charge is 0.473 e. The normalized spacial score (nSPS) is 10.4. The van der Waals surface area contributed by atoms with Gasteiger partial charge >= 0.3 is 6.03 Å². The molecule has 5 nitrogen and oxygen atoms in total. The number of carbonyl (C=O) groups excluding carboxylic acids is 1. The lowest BCUT2D eigenvalue weighted by Gasteiger charge is -2.23. The highest BCUT2D eigenvalue weighted by atomic mass is 16.5. The maximum Gasteiger partial charge on any atom is 0.320 e. The van der Waals surface area contributed by atoms with Gasteiger partial charge in [0.25, 0.3) is 0 Å². The number of aliphatic hydroxyl groups excluding tert-OH is 1. The van der Waals surface area contributed by atoms with Crippen LogP contribution in [-0.4, -0.2) is 35.9 Å². The molecule has 0 unspecified atom stereocenters. The third kappa shape index (κ3) is 5.22. The maximum atomic E-state index is 12.4. The summed E-state index contributed by atoms with van der Waals surface area (Å²) in [4.78, 5) is 14.0. The molecule has 0 spiro atoms. The van der Waals surface area contributed by atoms with Gasteiger partial charge in [-0.15, -0.1) is 0 Å². The van der Waals surface area contributed by atoms with Crippen molar-refractivity contribution in [2.75, 3.05) is 19.9 Å². The number of rotatable bonds is 7. The Bertz CT molecular complexity index is 702.